The van der Waals surface area contributed by atoms with Crippen LogP contribution < -0.4 is 10.6 Å². The van der Waals surface area contributed by atoms with E-state index in [1.165, 1.54) is 16.2 Å². The second-order valence-electron chi connectivity index (χ2n) is 6.41. The minimum atomic E-state index is -0.482. The van der Waals surface area contributed by atoms with Crippen molar-refractivity contribution in [1.29, 1.82) is 0 Å². The lowest BCUT2D eigenvalue weighted by Crippen LogP contribution is -2.34. The van der Waals surface area contributed by atoms with Crippen LogP contribution in [0.5, 0.6) is 0 Å². The molecular formula is C17H24N2O2S. The van der Waals surface area contributed by atoms with Gasteiger partial charge in [-0.2, -0.15) is 0 Å². The molecule has 0 radical (unpaired) electrons. The number of thioether (sulfide) groups is 1. The fraction of sp³-hybridized carbons (Fsp3) is 0.471. The highest BCUT2D eigenvalue weighted by Gasteiger charge is 2.18. The molecule has 120 valence electrons. The van der Waals surface area contributed by atoms with E-state index in [9.17, 15) is 4.79 Å². The van der Waals surface area contributed by atoms with Crippen LogP contribution in [0.25, 0.3) is 4.91 Å². The molecule has 22 heavy (non-hydrogen) atoms. The molecule has 0 saturated carbocycles. The first-order chi connectivity index (χ1) is 10.3. The fourth-order valence-electron chi connectivity index (χ4n) is 2.20. The van der Waals surface area contributed by atoms with Gasteiger partial charge in [-0.3, -0.25) is 0 Å². The fourth-order valence-corrected chi connectivity index (χ4v) is 3.22. The van der Waals surface area contributed by atoms with Crippen molar-refractivity contribution in [1.82, 2.24) is 10.6 Å². The third kappa shape index (κ3) is 4.44. The Labute approximate surface area is 136 Å². The molecule has 2 rings (SSSR count). The summed E-state index contributed by atoms with van der Waals surface area (Å²) in [6.07, 6.45) is -0.391. The normalized spacial score (nSPS) is 16.2. The Morgan fingerprint density at radius 2 is 1.95 bits per heavy atom. The molecule has 1 amide bonds. The summed E-state index contributed by atoms with van der Waals surface area (Å²) in [4.78, 5) is 13.1. The average Bonchev–Trinajstić information content (AvgIpc) is 2.83. The van der Waals surface area contributed by atoms with E-state index in [4.69, 9.17) is 4.74 Å². The summed E-state index contributed by atoms with van der Waals surface area (Å²) in [5.74, 6) is 0.930. The van der Waals surface area contributed by atoms with E-state index in [2.05, 4.69) is 41.8 Å². The van der Waals surface area contributed by atoms with Gasteiger partial charge in [-0.1, -0.05) is 24.3 Å². The quantitative estimate of drug-likeness (QED) is 0.874. The van der Waals surface area contributed by atoms with Gasteiger partial charge in [0.15, 0.2) is 0 Å². The summed E-state index contributed by atoms with van der Waals surface area (Å²) in [5, 5.41) is 6.18. The van der Waals surface area contributed by atoms with E-state index in [0.717, 1.165) is 11.4 Å². The maximum absolute atomic E-state index is 11.8. The number of benzene rings is 1. The summed E-state index contributed by atoms with van der Waals surface area (Å²) >= 11 is 1.81. The molecule has 4 nitrogen and oxygen atoms in total. The van der Waals surface area contributed by atoms with Crippen molar-refractivity contribution in [3.63, 3.8) is 0 Å². The minimum Gasteiger partial charge on any atom is -0.444 e. The van der Waals surface area contributed by atoms with Crippen LogP contribution in [0.1, 0.15) is 51.8 Å². The molecule has 1 aliphatic rings. The summed E-state index contributed by atoms with van der Waals surface area (Å²) < 4.78 is 5.28. The average molecular weight is 320 g/mol. The van der Waals surface area contributed by atoms with Crippen molar-refractivity contribution in [2.75, 3.05) is 5.88 Å². The summed E-state index contributed by atoms with van der Waals surface area (Å²) in [5.41, 5.74) is 3.01. The Kier molecular flexibility index (Phi) is 5.06. The van der Waals surface area contributed by atoms with Crippen LogP contribution in [0, 0.1) is 0 Å². The molecule has 1 atom stereocenters. The molecule has 0 fully saturated rings. The third-order valence-electron chi connectivity index (χ3n) is 3.30. The van der Waals surface area contributed by atoms with E-state index in [0.29, 0.717) is 0 Å². The molecule has 5 heteroatoms. The van der Waals surface area contributed by atoms with E-state index in [-0.39, 0.29) is 6.04 Å². The van der Waals surface area contributed by atoms with Crippen LogP contribution in [-0.2, 0) is 4.74 Å². The molecule has 2 N–H and O–H groups in total. The second kappa shape index (κ2) is 6.65. The van der Waals surface area contributed by atoms with Crippen molar-refractivity contribution in [3.8, 4) is 0 Å². The molecule has 1 aliphatic heterocycles. The van der Waals surface area contributed by atoms with Crippen molar-refractivity contribution in [3.05, 3.63) is 41.1 Å². The topological polar surface area (TPSA) is 50.4 Å². The Morgan fingerprint density at radius 3 is 2.45 bits per heavy atom. The number of rotatable bonds is 3. The SMILES string of the molecule is CC1=C(c2ccc(C(C)NC(=O)OC(C)(C)C)cc2)SCN1. The van der Waals surface area contributed by atoms with Crippen LogP contribution in [-0.4, -0.2) is 17.6 Å². The molecule has 0 saturated heterocycles. The van der Waals surface area contributed by atoms with Crippen molar-refractivity contribution >= 4 is 22.8 Å². The second-order valence-corrected chi connectivity index (χ2v) is 7.40. The van der Waals surface area contributed by atoms with Gasteiger partial charge in [0.1, 0.15) is 5.60 Å². The molecule has 1 aromatic rings. The summed E-state index contributed by atoms with van der Waals surface area (Å²) in [6, 6.07) is 8.21. The molecule has 0 aromatic heterocycles. The van der Waals surface area contributed by atoms with Gasteiger partial charge in [0.05, 0.1) is 11.9 Å². The highest BCUT2D eigenvalue weighted by Crippen LogP contribution is 2.34. The number of hydrogen-bond donors (Lipinski definition) is 2. The predicted molar refractivity (Wildman–Crippen MR) is 92.4 cm³/mol. The predicted octanol–water partition coefficient (Wildman–Crippen LogP) is 4.25. The van der Waals surface area contributed by atoms with Crippen LogP contribution in [0.3, 0.4) is 0 Å². The van der Waals surface area contributed by atoms with Gasteiger partial charge in [0.2, 0.25) is 0 Å². The van der Waals surface area contributed by atoms with E-state index in [1.54, 1.807) is 0 Å². The standard InChI is InChI=1S/C17H24N2O2S/c1-11(19-16(20)21-17(3,4)5)13-6-8-14(9-7-13)15-12(2)18-10-22-15/h6-9,11,18H,10H2,1-5H3,(H,19,20). The van der Waals surface area contributed by atoms with Gasteiger partial charge >= 0.3 is 6.09 Å². The third-order valence-corrected chi connectivity index (χ3v) is 4.42. The monoisotopic (exact) mass is 320 g/mol. The van der Waals surface area contributed by atoms with Crippen LogP contribution in [0.2, 0.25) is 0 Å². The van der Waals surface area contributed by atoms with Gasteiger partial charge in [-0.15, -0.1) is 11.8 Å². The lowest BCUT2D eigenvalue weighted by atomic mass is 10.1. The van der Waals surface area contributed by atoms with Crippen LogP contribution >= 0.6 is 11.8 Å². The first kappa shape index (κ1) is 16.7. The van der Waals surface area contributed by atoms with Crippen molar-refractivity contribution < 1.29 is 9.53 Å². The Hall–Kier alpha value is -1.62. The summed E-state index contributed by atoms with van der Waals surface area (Å²) in [6.45, 7) is 9.62. The highest BCUT2D eigenvalue weighted by atomic mass is 32.2. The zero-order chi connectivity index (χ0) is 16.3. The zero-order valence-corrected chi connectivity index (χ0v) is 14.6. The highest BCUT2D eigenvalue weighted by molar-refractivity contribution is 8.08. The number of nitrogens with one attached hydrogen (secondary N) is 2. The van der Waals surface area contributed by atoms with Gasteiger partial charge < -0.3 is 15.4 Å². The largest absolute Gasteiger partial charge is 0.444 e. The molecular weight excluding hydrogens is 296 g/mol. The number of carbonyl (C=O) groups excluding carboxylic acids is 1. The lowest BCUT2D eigenvalue weighted by Gasteiger charge is -2.22. The maximum atomic E-state index is 11.8. The molecule has 0 bridgehead atoms. The van der Waals surface area contributed by atoms with E-state index in [1.807, 2.05) is 39.5 Å². The Balaban J connectivity index is 2.01. The van der Waals surface area contributed by atoms with Gasteiger partial charge in [0.25, 0.3) is 0 Å². The number of carbonyl (C=O) groups is 1. The van der Waals surface area contributed by atoms with Gasteiger partial charge in [-0.05, 0) is 45.7 Å². The maximum Gasteiger partial charge on any atom is 0.408 e. The van der Waals surface area contributed by atoms with Crippen molar-refractivity contribution in [2.45, 2.75) is 46.3 Å². The minimum absolute atomic E-state index is 0.0895. The molecule has 1 aromatic carbocycles. The smallest absolute Gasteiger partial charge is 0.408 e. The number of ether oxygens (including phenoxy) is 1. The van der Waals surface area contributed by atoms with Crippen LogP contribution in [0.4, 0.5) is 4.79 Å². The van der Waals surface area contributed by atoms with Gasteiger partial charge in [-0.25, -0.2) is 4.79 Å². The number of allylic oxidation sites excluding steroid dienone is 1. The van der Waals surface area contributed by atoms with Gasteiger partial charge in [0, 0.05) is 10.6 Å². The Bertz CT molecular complexity index is 573. The zero-order valence-electron chi connectivity index (χ0n) is 13.8. The first-order valence-electron chi connectivity index (χ1n) is 7.43. The van der Waals surface area contributed by atoms with Crippen LogP contribution in [0.15, 0.2) is 30.0 Å². The van der Waals surface area contributed by atoms with E-state index >= 15 is 0 Å². The number of hydrogen-bond acceptors (Lipinski definition) is 4. The first-order valence-corrected chi connectivity index (χ1v) is 8.42. The van der Waals surface area contributed by atoms with E-state index < -0.39 is 11.7 Å². The molecule has 0 spiro atoms. The van der Waals surface area contributed by atoms with Crippen molar-refractivity contribution in [2.24, 2.45) is 0 Å². The number of alkyl carbamates (subject to hydrolysis) is 1. The molecule has 1 unspecified atom stereocenters. The molecule has 0 aliphatic carbocycles. The Morgan fingerprint density at radius 1 is 1.32 bits per heavy atom. The molecule has 1 heterocycles. The number of amides is 1. The summed E-state index contributed by atoms with van der Waals surface area (Å²) in [7, 11) is 0. The lowest BCUT2D eigenvalue weighted by molar-refractivity contribution is 0.0508.